The van der Waals surface area contributed by atoms with Gasteiger partial charge in [-0.05, 0) is 246 Å². The Morgan fingerprint density at radius 2 is 0.860 bits per heavy atom. The number of ether oxygens (including phenoxy) is 2. The van der Waals surface area contributed by atoms with Gasteiger partial charge in [-0.3, -0.25) is 0 Å². The van der Waals surface area contributed by atoms with Crippen molar-refractivity contribution in [2.75, 3.05) is 38.4 Å². The zero-order valence-electron chi connectivity index (χ0n) is 76.8. The molecule has 10 aliphatic rings. The van der Waals surface area contributed by atoms with Crippen molar-refractivity contribution < 1.29 is 44.6 Å². The van der Waals surface area contributed by atoms with E-state index in [2.05, 4.69) is 197 Å². The number of thioether (sulfide) groups is 1. The van der Waals surface area contributed by atoms with E-state index in [9.17, 15) is 35.1 Å². The van der Waals surface area contributed by atoms with Crippen molar-refractivity contribution in [3.8, 4) is 0 Å². The molecule has 107 heavy (non-hydrogen) atoms. The molecule has 2 nitrogen and oxygen atoms in total. The molecule has 7 saturated carbocycles. The number of halogens is 8. The molecule has 8 aliphatic carbocycles. The zero-order valence-corrected chi connectivity index (χ0v) is 77.6. The van der Waals surface area contributed by atoms with Crippen LogP contribution in [0.15, 0.2) is 12.2 Å². The van der Waals surface area contributed by atoms with Gasteiger partial charge in [-0.2, -0.15) is 11.8 Å². The first kappa shape index (κ1) is 111. The molecule has 0 aromatic heterocycles. The van der Waals surface area contributed by atoms with Crippen molar-refractivity contribution in [2.24, 2.45) is 124 Å². The number of hydrogen-bond acceptors (Lipinski definition) is 3. The summed E-state index contributed by atoms with van der Waals surface area (Å²) in [5, 5.41) is 0. The molecule has 9 fully saturated rings. The Labute approximate surface area is 668 Å². The van der Waals surface area contributed by atoms with Crippen LogP contribution in [0.5, 0.6) is 0 Å². The van der Waals surface area contributed by atoms with Gasteiger partial charge >= 0.3 is 0 Å². The fraction of sp³-hybridized carbons (Fsp3) is 0.979. The predicted molar refractivity (Wildman–Crippen MR) is 461 cm³/mol. The Kier molecular flexibility index (Phi) is 62.0. The minimum absolute atomic E-state index is 0.130. The van der Waals surface area contributed by atoms with E-state index in [1.807, 2.05) is 13.8 Å². The van der Waals surface area contributed by atoms with Gasteiger partial charge in [0.2, 0.25) is 5.92 Å². The quantitative estimate of drug-likeness (QED) is 0.0575. The molecule has 10 rings (SSSR count). The van der Waals surface area contributed by atoms with Crippen LogP contribution >= 0.6 is 11.8 Å². The van der Waals surface area contributed by atoms with Crippen LogP contribution in [0.2, 0.25) is 0 Å². The largest absolute Gasteiger partial charge is 0.385 e. The Morgan fingerprint density at radius 1 is 0.439 bits per heavy atom. The molecule has 0 bridgehead atoms. The fourth-order valence-electron chi connectivity index (χ4n) is 14.6. The van der Waals surface area contributed by atoms with Crippen LogP contribution in [0.3, 0.4) is 0 Å². The molecule has 0 amide bonds. The third-order valence-electron chi connectivity index (χ3n) is 21.5. The van der Waals surface area contributed by atoms with E-state index in [4.69, 9.17) is 9.47 Å². The summed E-state index contributed by atoms with van der Waals surface area (Å²) in [6.07, 6.45) is 40.4. The van der Waals surface area contributed by atoms with Crippen LogP contribution in [-0.2, 0) is 9.47 Å². The lowest BCUT2D eigenvalue weighted by molar-refractivity contribution is -0.122. The van der Waals surface area contributed by atoms with Gasteiger partial charge in [0.05, 0.1) is 13.2 Å². The second kappa shape index (κ2) is 60.0. The third-order valence-corrected chi connectivity index (χ3v) is 23.0. The van der Waals surface area contributed by atoms with Crippen molar-refractivity contribution in [1.82, 2.24) is 0 Å². The van der Waals surface area contributed by atoms with Crippen molar-refractivity contribution >= 4 is 11.8 Å². The Hall–Kier alpha value is -0.550. The maximum absolute atomic E-state index is 13.2. The summed E-state index contributed by atoms with van der Waals surface area (Å²) in [5.74, 6) is 8.11. The number of unbranched alkanes of at least 4 members (excludes halogenated alkanes) is 1. The lowest BCUT2D eigenvalue weighted by Gasteiger charge is -2.35. The number of alkyl halides is 8. The normalized spacial score (nSPS) is 21.4. The molecule has 646 valence electrons. The molecule has 11 heteroatoms. The topological polar surface area (TPSA) is 18.5 Å². The van der Waals surface area contributed by atoms with Gasteiger partial charge in [0, 0.05) is 56.7 Å². The highest BCUT2D eigenvalue weighted by atomic mass is 32.2. The highest BCUT2D eigenvalue weighted by Crippen LogP contribution is 2.52. The van der Waals surface area contributed by atoms with Crippen LogP contribution in [-0.4, -0.2) is 67.5 Å². The van der Waals surface area contributed by atoms with Gasteiger partial charge in [-0.25, -0.2) is 35.1 Å². The van der Waals surface area contributed by atoms with Crippen LogP contribution in [0, 0.1) is 124 Å². The number of hydrogen-bond donors (Lipinski definition) is 0. The Morgan fingerprint density at radius 3 is 1.01 bits per heavy atom. The van der Waals surface area contributed by atoms with Crippen molar-refractivity contribution in [1.29, 1.82) is 0 Å². The SMILES string of the molecule is CC(C)C(F)(F)C1CCC1.CC(C)CC1(C)CC1.CC(C)CC1(F)CC1.CC(C)CC1(F)CCC1.CC(C)CC1C=CCC1.CC(C)CC1CC(F)(F)C1.CC(C)CC1CC1(F)F.CC(C)CC1CCC1.CC(C)CC1COC1.CC(C)CC1CSC1.CCCC(C)C.CCCCC(C)C.COCCC(C)C. The first-order chi connectivity index (χ1) is 49.4. The average Bonchev–Trinajstić information content (AvgIpc) is 1.81. The molecule has 2 heterocycles. The summed E-state index contributed by atoms with van der Waals surface area (Å²) in [6, 6.07) is 0. The Bertz CT molecular complexity index is 1920. The highest BCUT2D eigenvalue weighted by Gasteiger charge is 2.56. The molecule has 0 aromatic carbocycles. The van der Waals surface area contributed by atoms with Gasteiger partial charge < -0.3 is 9.47 Å². The minimum Gasteiger partial charge on any atom is -0.385 e. The van der Waals surface area contributed by atoms with E-state index in [-0.39, 0.29) is 31.1 Å². The first-order valence-corrected chi connectivity index (χ1v) is 46.4. The Balaban J connectivity index is -0.00000110. The summed E-state index contributed by atoms with van der Waals surface area (Å²) in [4.78, 5) is 0. The van der Waals surface area contributed by atoms with Crippen molar-refractivity contribution in [3.63, 3.8) is 0 Å². The zero-order chi connectivity index (χ0) is 83.0. The molecule has 2 aliphatic heterocycles. The van der Waals surface area contributed by atoms with Crippen LogP contribution < -0.4 is 0 Å². The standard InChI is InChI=1S/C9H16.2C8H14F2.C8H15F.2C8H16.C7H12F2.C7H13F.C7H14O.C7H14S.C7H16.C6H14O.C6H14/c1-8(2)7-9-5-3-4-6-9;1-6(2)3-7-4-8(9,10)5-7;1-6(2)8(9,10)7-4-3-5-7;1-7(2)6-8(9)4-3-5-8;1-7(2)6-8(3)4-5-8;1-7(2)6-8-4-3-5-8;1-5(2)3-6-4-7(6,8)9;1-6(2)5-7(8)3-4-7;2*1-6(2)3-7-4-8-5-7;1-4-5-6-7(2)3;1-6(2)4-5-7-3;1-4-5-6(2)3/h3,5,8-9H,4,6-7H2,1-2H3;2*6-7H,3-5H2,1-2H3;7H,3-6H2,1-2H3;7H,4-6H2,1-3H3;7-8H,3-6H2,1-2H3;5-6H,3-4H2,1-2H3;6H,3-5H2,1-2H3;2*6-7H,3-5H2,1-2H3;7H,4-6H2,1-3H3;6H,4-5H2,1-3H3;6H,4-5H2,1-3H3. The lowest BCUT2D eigenvalue weighted by atomic mass is 9.77. The number of allylic oxidation sites excluding steroid dienone is 2. The maximum Gasteiger partial charge on any atom is 0.253 e. The van der Waals surface area contributed by atoms with Crippen LogP contribution in [0.25, 0.3) is 0 Å². The monoisotopic (exact) mass is 1560 g/mol. The van der Waals surface area contributed by atoms with Crippen molar-refractivity contribution in [2.45, 2.75) is 442 Å². The molecular formula is C96H188F8O2S. The molecule has 2 saturated heterocycles. The molecule has 2 atom stereocenters. The second-order valence-corrected chi connectivity index (χ2v) is 42.1. The van der Waals surface area contributed by atoms with Crippen molar-refractivity contribution in [3.05, 3.63) is 12.2 Å². The summed E-state index contributed by atoms with van der Waals surface area (Å²) in [7, 11) is 1.74. The van der Waals surface area contributed by atoms with E-state index >= 15 is 0 Å². The summed E-state index contributed by atoms with van der Waals surface area (Å²) >= 11 is 2.09. The molecule has 0 aromatic rings. The molecule has 0 radical (unpaired) electrons. The third kappa shape index (κ3) is 67.3. The summed E-state index contributed by atoms with van der Waals surface area (Å²) in [5.41, 5.74) is -0.712. The summed E-state index contributed by atoms with van der Waals surface area (Å²) < 4.78 is 111. The van der Waals surface area contributed by atoms with E-state index in [0.29, 0.717) is 36.0 Å². The van der Waals surface area contributed by atoms with E-state index in [1.54, 1.807) is 21.0 Å². The van der Waals surface area contributed by atoms with Gasteiger partial charge in [-0.15, -0.1) is 0 Å². The maximum atomic E-state index is 13.2. The van der Waals surface area contributed by atoms with Gasteiger partial charge in [0.25, 0.3) is 11.8 Å². The number of rotatable bonds is 28. The summed E-state index contributed by atoms with van der Waals surface area (Å²) in [6.45, 7) is 65.8. The predicted octanol–water partition coefficient (Wildman–Crippen LogP) is 34.0. The van der Waals surface area contributed by atoms with E-state index in [0.717, 1.165) is 167 Å². The second-order valence-electron chi connectivity index (χ2n) is 41.0. The lowest BCUT2D eigenvalue weighted by Crippen LogP contribution is -2.37. The number of methoxy groups -OCH3 is 1. The van der Waals surface area contributed by atoms with Gasteiger partial charge in [0.1, 0.15) is 11.3 Å². The van der Waals surface area contributed by atoms with Crippen LogP contribution in [0.4, 0.5) is 35.1 Å². The highest BCUT2D eigenvalue weighted by molar-refractivity contribution is 8.00. The van der Waals surface area contributed by atoms with Crippen LogP contribution in [0.1, 0.15) is 413 Å². The van der Waals surface area contributed by atoms with Gasteiger partial charge in [0.15, 0.2) is 0 Å². The molecular weight excluding hydrogens is 1370 g/mol. The molecule has 0 spiro atoms. The van der Waals surface area contributed by atoms with Gasteiger partial charge in [-0.1, -0.05) is 271 Å². The van der Waals surface area contributed by atoms with E-state index in [1.165, 1.54) is 127 Å². The smallest absolute Gasteiger partial charge is 0.253 e. The van der Waals surface area contributed by atoms with E-state index < -0.39 is 35.0 Å². The first-order valence-electron chi connectivity index (χ1n) is 45.2. The average molecular weight is 1560 g/mol. The minimum atomic E-state index is -2.40. The molecule has 0 N–H and O–H groups in total. The fourth-order valence-corrected chi connectivity index (χ4v) is 15.4. The molecule has 2 unspecified atom stereocenters.